The van der Waals surface area contributed by atoms with Crippen molar-refractivity contribution in [1.29, 1.82) is 0 Å². The van der Waals surface area contributed by atoms with E-state index in [0.717, 1.165) is 29.4 Å². The van der Waals surface area contributed by atoms with Crippen molar-refractivity contribution in [3.8, 4) is 0 Å². The summed E-state index contributed by atoms with van der Waals surface area (Å²) in [5.74, 6) is 0.218. The lowest BCUT2D eigenvalue weighted by Gasteiger charge is -2.21. The van der Waals surface area contributed by atoms with E-state index >= 15 is 0 Å². The van der Waals surface area contributed by atoms with E-state index in [4.69, 9.17) is 0 Å². The highest BCUT2D eigenvalue weighted by atomic mass is 79.9. The van der Waals surface area contributed by atoms with Crippen molar-refractivity contribution in [2.75, 3.05) is 6.54 Å². The highest BCUT2D eigenvalue weighted by Gasteiger charge is 2.23. The number of nitrogens with one attached hydrogen (secondary N) is 1. The fraction of sp³-hybridized carbons (Fsp3) is 0.364. The molecular formula is C11H12BrNO. The van der Waals surface area contributed by atoms with Gasteiger partial charge in [0.2, 0.25) is 5.91 Å². The van der Waals surface area contributed by atoms with Crippen LogP contribution >= 0.6 is 15.9 Å². The summed E-state index contributed by atoms with van der Waals surface area (Å²) in [6, 6.07) is 7.99. The van der Waals surface area contributed by atoms with Crippen molar-refractivity contribution < 1.29 is 4.79 Å². The number of amides is 1. The van der Waals surface area contributed by atoms with Gasteiger partial charge in [0, 0.05) is 11.0 Å². The Morgan fingerprint density at radius 2 is 2.00 bits per heavy atom. The Bertz CT molecular complexity index is 334. The SMILES string of the molecule is O=C1NCCC[C@@H]1c1ccc(Br)cc1. The first-order valence-electron chi connectivity index (χ1n) is 4.80. The van der Waals surface area contributed by atoms with Gasteiger partial charge in [0.15, 0.2) is 0 Å². The topological polar surface area (TPSA) is 29.1 Å². The summed E-state index contributed by atoms with van der Waals surface area (Å²) in [4.78, 5) is 11.6. The van der Waals surface area contributed by atoms with Gasteiger partial charge in [-0.25, -0.2) is 0 Å². The summed E-state index contributed by atoms with van der Waals surface area (Å²) in [6.07, 6.45) is 2.04. The second kappa shape index (κ2) is 4.13. The number of piperidine rings is 1. The van der Waals surface area contributed by atoms with Crippen LogP contribution in [-0.4, -0.2) is 12.5 Å². The number of carbonyl (C=O) groups is 1. The zero-order valence-corrected chi connectivity index (χ0v) is 9.38. The predicted octanol–water partition coefficient (Wildman–Crippen LogP) is 2.44. The van der Waals surface area contributed by atoms with Gasteiger partial charge in [0.05, 0.1) is 5.92 Å². The highest BCUT2D eigenvalue weighted by molar-refractivity contribution is 9.10. The number of carbonyl (C=O) groups excluding carboxylic acids is 1. The molecule has 1 aliphatic heterocycles. The van der Waals surface area contributed by atoms with E-state index in [0.29, 0.717) is 0 Å². The van der Waals surface area contributed by atoms with Gasteiger partial charge in [-0.3, -0.25) is 4.79 Å². The minimum absolute atomic E-state index is 0.0526. The third-order valence-electron chi connectivity index (χ3n) is 2.56. The Balaban J connectivity index is 2.20. The minimum atomic E-state index is 0.0526. The van der Waals surface area contributed by atoms with Crippen molar-refractivity contribution in [2.24, 2.45) is 0 Å². The Kier molecular flexibility index (Phi) is 2.87. The Morgan fingerprint density at radius 1 is 1.29 bits per heavy atom. The standard InChI is InChI=1S/C11H12BrNO/c12-9-5-3-8(4-6-9)10-2-1-7-13-11(10)14/h3-6,10H,1-2,7H2,(H,13,14)/t10-/m1/s1. The van der Waals surface area contributed by atoms with Crippen LogP contribution in [-0.2, 0) is 4.79 Å². The van der Waals surface area contributed by atoms with Crippen molar-refractivity contribution in [3.05, 3.63) is 34.3 Å². The molecular weight excluding hydrogens is 242 g/mol. The predicted molar refractivity (Wildman–Crippen MR) is 59.1 cm³/mol. The lowest BCUT2D eigenvalue weighted by molar-refractivity contribution is -0.123. The summed E-state index contributed by atoms with van der Waals surface area (Å²) >= 11 is 3.38. The van der Waals surface area contributed by atoms with Gasteiger partial charge >= 0.3 is 0 Å². The van der Waals surface area contributed by atoms with Crippen LogP contribution in [0.25, 0.3) is 0 Å². The molecule has 0 aliphatic carbocycles. The fourth-order valence-electron chi connectivity index (χ4n) is 1.79. The van der Waals surface area contributed by atoms with Crippen LogP contribution < -0.4 is 5.32 Å². The zero-order chi connectivity index (χ0) is 9.97. The van der Waals surface area contributed by atoms with E-state index in [1.165, 1.54) is 0 Å². The summed E-state index contributed by atoms with van der Waals surface area (Å²) in [6.45, 7) is 0.825. The quantitative estimate of drug-likeness (QED) is 0.819. The molecule has 1 heterocycles. The number of benzene rings is 1. The van der Waals surface area contributed by atoms with Crippen molar-refractivity contribution >= 4 is 21.8 Å². The lowest BCUT2D eigenvalue weighted by Crippen LogP contribution is -2.34. The molecule has 0 spiro atoms. The number of rotatable bonds is 1. The largest absolute Gasteiger partial charge is 0.356 e. The van der Waals surface area contributed by atoms with Gasteiger partial charge in [0.1, 0.15) is 0 Å². The van der Waals surface area contributed by atoms with Crippen LogP contribution in [0.2, 0.25) is 0 Å². The van der Waals surface area contributed by atoms with Crippen molar-refractivity contribution in [2.45, 2.75) is 18.8 Å². The summed E-state index contributed by atoms with van der Waals surface area (Å²) in [5.41, 5.74) is 1.12. The molecule has 1 aromatic rings. The van der Waals surface area contributed by atoms with E-state index in [1.807, 2.05) is 24.3 Å². The van der Waals surface area contributed by atoms with E-state index in [2.05, 4.69) is 21.2 Å². The molecule has 2 rings (SSSR count). The lowest BCUT2D eigenvalue weighted by atomic mass is 9.91. The molecule has 74 valence electrons. The maximum Gasteiger partial charge on any atom is 0.227 e. The summed E-state index contributed by atoms with van der Waals surface area (Å²) in [5, 5.41) is 2.89. The molecule has 0 saturated carbocycles. The first kappa shape index (κ1) is 9.71. The van der Waals surface area contributed by atoms with E-state index in [-0.39, 0.29) is 11.8 Å². The number of hydrogen-bond donors (Lipinski definition) is 1. The molecule has 0 radical (unpaired) electrons. The van der Waals surface area contributed by atoms with Crippen molar-refractivity contribution in [3.63, 3.8) is 0 Å². The molecule has 0 unspecified atom stereocenters. The average Bonchev–Trinajstić information content (AvgIpc) is 2.20. The molecule has 1 amide bonds. The van der Waals surface area contributed by atoms with Crippen molar-refractivity contribution in [1.82, 2.24) is 5.32 Å². The smallest absolute Gasteiger partial charge is 0.227 e. The van der Waals surface area contributed by atoms with Crippen LogP contribution in [0.15, 0.2) is 28.7 Å². The van der Waals surface area contributed by atoms with Crippen LogP contribution in [0.4, 0.5) is 0 Å². The zero-order valence-electron chi connectivity index (χ0n) is 7.79. The molecule has 1 atom stereocenters. The molecule has 3 heteroatoms. The molecule has 14 heavy (non-hydrogen) atoms. The second-order valence-electron chi connectivity index (χ2n) is 3.54. The normalized spacial score (nSPS) is 21.8. The minimum Gasteiger partial charge on any atom is -0.356 e. The summed E-state index contributed by atoms with van der Waals surface area (Å²) in [7, 11) is 0. The van der Waals surface area contributed by atoms with Crippen LogP contribution in [0.3, 0.4) is 0 Å². The van der Waals surface area contributed by atoms with Gasteiger partial charge in [-0.1, -0.05) is 28.1 Å². The van der Waals surface area contributed by atoms with E-state index in [1.54, 1.807) is 0 Å². The Hall–Kier alpha value is -0.830. The third kappa shape index (κ3) is 1.98. The molecule has 1 aliphatic rings. The van der Waals surface area contributed by atoms with Crippen LogP contribution in [0, 0.1) is 0 Å². The third-order valence-corrected chi connectivity index (χ3v) is 3.09. The van der Waals surface area contributed by atoms with Crippen LogP contribution in [0.1, 0.15) is 24.3 Å². The molecule has 0 bridgehead atoms. The van der Waals surface area contributed by atoms with Gasteiger partial charge in [-0.15, -0.1) is 0 Å². The van der Waals surface area contributed by atoms with Gasteiger partial charge < -0.3 is 5.32 Å². The molecule has 1 N–H and O–H groups in total. The molecule has 2 nitrogen and oxygen atoms in total. The van der Waals surface area contributed by atoms with Gasteiger partial charge in [-0.2, -0.15) is 0 Å². The molecule has 1 saturated heterocycles. The molecule has 1 aromatic carbocycles. The van der Waals surface area contributed by atoms with E-state index in [9.17, 15) is 4.79 Å². The Morgan fingerprint density at radius 3 is 2.64 bits per heavy atom. The maximum atomic E-state index is 11.6. The maximum absolute atomic E-state index is 11.6. The van der Waals surface area contributed by atoms with E-state index < -0.39 is 0 Å². The number of halogens is 1. The van der Waals surface area contributed by atoms with Crippen LogP contribution in [0.5, 0.6) is 0 Å². The monoisotopic (exact) mass is 253 g/mol. The first-order chi connectivity index (χ1) is 6.77. The first-order valence-corrected chi connectivity index (χ1v) is 5.60. The average molecular weight is 254 g/mol. The Labute approximate surface area is 91.8 Å². The van der Waals surface area contributed by atoms with Gasteiger partial charge in [-0.05, 0) is 30.5 Å². The second-order valence-corrected chi connectivity index (χ2v) is 4.45. The molecule has 0 aromatic heterocycles. The highest BCUT2D eigenvalue weighted by Crippen LogP contribution is 2.25. The number of hydrogen-bond acceptors (Lipinski definition) is 1. The molecule has 1 fully saturated rings. The summed E-state index contributed by atoms with van der Waals surface area (Å²) < 4.78 is 1.05. The van der Waals surface area contributed by atoms with Gasteiger partial charge in [0.25, 0.3) is 0 Å². The fourth-order valence-corrected chi connectivity index (χ4v) is 2.05.